The SMILES string of the molecule is CC(C)(C)C(CCCl)NC(=O)c1cc(I)ccc1Br. The molecule has 0 spiro atoms. The van der Waals surface area contributed by atoms with Crippen LogP contribution in [0.5, 0.6) is 0 Å². The molecule has 0 aliphatic rings. The van der Waals surface area contributed by atoms with Gasteiger partial charge in [-0.2, -0.15) is 0 Å². The van der Waals surface area contributed by atoms with Gasteiger partial charge in [0.1, 0.15) is 0 Å². The Labute approximate surface area is 141 Å². The largest absolute Gasteiger partial charge is 0.349 e. The smallest absolute Gasteiger partial charge is 0.252 e. The van der Waals surface area contributed by atoms with Crippen LogP contribution in [-0.4, -0.2) is 17.8 Å². The van der Waals surface area contributed by atoms with E-state index in [1.165, 1.54) is 0 Å². The third-order valence-electron chi connectivity index (χ3n) is 2.92. The molecule has 1 N–H and O–H groups in total. The van der Waals surface area contributed by atoms with Crippen LogP contribution in [-0.2, 0) is 0 Å². The molecule has 5 heteroatoms. The van der Waals surface area contributed by atoms with E-state index in [4.69, 9.17) is 11.6 Å². The van der Waals surface area contributed by atoms with Crippen LogP contribution in [0.2, 0.25) is 0 Å². The molecule has 0 aromatic heterocycles. The van der Waals surface area contributed by atoms with E-state index in [1.807, 2.05) is 18.2 Å². The highest BCUT2D eigenvalue weighted by Gasteiger charge is 2.26. The highest BCUT2D eigenvalue weighted by molar-refractivity contribution is 14.1. The first-order chi connectivity index (χ1) is 8.75. The Morgan fingerprint density at radius 1 is 1.47 bits per heavy atom. The summed E-state index contributed by atoms with van der Waals surface area (Å²) in [5, 5.41) is 3.09. The summed E-state index contributed by atoms with van der Waals surface area (Å²) >= 11 is 11.4. The Balaban J connectivity index is 2.91. The average Bonchev–Trinajstić information content (AvgIpc) is 2.30. The summed E-state index contributed by atoms with van der Waals surface area (Å²) in [7, 11) is 0. The van der Waals surface area contributed by atoms with E-state index in [2.05, 4.69) is 64.6 Å². The molecular weight excluding hydrogens is 440 g/mol. The molecule has 1 amide bonds. The maximum Gasteiger partial charge on any atom is 0.252 e. The predicted molar refractivity (Wildman–Crippen MR) is 92.9 cm³/mol. The molecular formula is C14H18BrClINO. The summed E-state index contributed by atoms with van der Waals surface area (Å²) in [6.45, 7) is 6.32. The molecule has 1 aromatic rings. The van der Waals surface area contributed by atoms with Gasteiger partial charge in [-0.1, -0.05) is 20.8 Å². The first-order valence-corrected chi connectivity index (χ1v) is 8.48. The first-order valence-electron chi connectivity index (χ1n) is 6.07. The highest BCUT2D eigenvalue weighted by Crippen LogP contribution is 2.24. The van der Waals surface area contributed by atoms with Crippen LogP contribution in [0.25, 0.3) is 0 Å². The monoisotopic (exact) mass is 457 g/mol. The van der Waals surface area contributed by atoms with Crippen molar-refractivity contribution in [2.24, 2.45) is 5.41 Å². The summed E-state index contributed by atoms with van der Waals surface area (Å²) in [6, 6.07) is 5.79. The van der Waals surface area contributed by atoms with Gasteiger partial charge in [-0.3, -0.25) is 4.79 Å². The van der Waals surface area contributed by atoms with Crippen molar-refractivity contribution in [3.8, 4) is 0 Å². The molecule has 1 unspecified atom stereocenters. The molecule has 1 aromatic carbocycles. The number of alkyl halides is 1. The molecule has 1 atom stereocenters. The molecule has 106 valence electrons. The van der Waals surface area contributed by atoms with Crippen LogP contribution in [0, 0.1) is 8.99 Å². The van der Waals surface area contributed by atoms with E-state index in [-0.39, 0.29) is 17.4 Å². The lowest BCUT2D eigenvalue weighted by atomic mass is 9.85. The van der Waals surface area contributed by atoms with Gasteiger partial charge in [-0.15, -0.1) is 11.6 Å². The molecule has 0 bridgehead atoms. The standard InChI is InChI=1S/C14H18BrClINO/c1-14(2,3)12(6-7-16)18-13(19)10-8-9(17)4-5-11(10)15/h4-5,8,12H,6-7H2,1-3H3,(H,18,19). The number of carbonyl (C=O) groups is 1. The fourth-order valence-corrected chi connectivity index (χ4v) is 2.87. The molecule has 2 nitrogen and oxygen atoms in total. The second-order valence-electron chi connectivity index (χ2n) is 5.49. The lowest BCUT2D eigenvalue weighted by Crippen LogP contribution is -2.44. The summed E-state index contributed by atoms with van der Waals surface area (Å²) < 4.78 is 1.85. The maximum atomic E-state index is 12.4. The van der Waals surface area contributed by atoms with Gasteiger partial charge in [0.05, 0.1) is 5.56 Å². The van der Waals surface area contributed by atoms with Crippen LogP contribution in [0.15, 0.2) is 22.7 Å². The van der Waals surface area contributed by atoms with Gasteiger partial charge < -0.3 is 5.32 Å². The lowest BCUT2D eigenvalue weighted by Gasteiger charge is -2.31. The zero-order valence-electron chi connectivity index (χ0n) is 11.3. The highest BCUT2D eigenvalue weighted by atomic mass is 127. The van der Waals surface area contributed by atoms with Crippen molar-refractivity contribution in [3.05, 3.63) is 31.8 Å². The quantitative estimate of drug-likeness (QED) is 0.508. The van der Waals surface area contributed by atoms with E-state index >= 15 is 0 Å². The van der Waals surface area contributed by atoms with Crippen molar-refractivity contribution in [1.82, 2.24) is 5.32 Å². The van der Waals surface area contributed by atoms with Crippen molar-refractivity contribution in [2.45, 2.75) is 33.2 Å². The van der Waals surface area contributed by atoms with Crippen LogP contribution >= 0.6 is 50.1 Å². The Kier molecular flexibility index (Phi) is 6.60. The number of carbonyl (C=O) groups excluding carboxylic acids is 1. The first kappa shape index (κ1) is 17.2. The minimum absolute atomic E-state index is 0.0149. The Morgan fingerprint density at radius 2 is 2.11 bits per heavy atom. The van der Waals surface area contributed by atoms with E-state index < -0.39 is 0 Å². The molecule has 0 heterocycles. The third-order valence-corrected chi connectivity index (χ3v) is 4.50. The molecule has 1 rings (SSSR count). The molecule has 0 radical (unpaired) electrons. The number of amides is 1. The number of hydrogen-bond donors (Lipinski definition) is 1. The number of nitrogens with one attached hydrogen (secondary N) is 1. The number of rotatable bonds is 4. The van der Waals surface area contributed by atoms with E-state index in [9.17, 15) is 4.79 Å². The fraction of sp³-hybridized carbons (Fsp3) is 0.500. The van der Waals surface area contributed by atoms with Crippen LogP contribution in [0.1, 0.15) is 37.6 Å². The maximum absolute atomic E-state index is 12.4. The van der Waals surface area contributed by atoms with Crippen molar-refractivity contribution in [2.75, 3.05) is 5.88 Å². The zero-order valence-corrected chi connectivity index (χ0v) is 15.8. The minimum atomic E-state index is -0.0598. The Morgan fingerprint density at radius 3 is 2.63 bits per heavy atom. The van der Waals surface area contributed by atoms with Gasteiger partial charge in [-0.05, 0) is 68.6 Å². The van der Waals surface area contributed by atoms with Crippen molar-refractivity contribution in [1.29, 1.82) is 0 Å². The summed E-state index contributed by atoms with van der Waals surface area (Å²) in [4.78, 5) is 12.4. The number of benzene rings is 1. The van der Waals surface area contributed by atoms with Crippen molar-refractivity contribution >= 4 is 56.0 Å². The molecule has 0 fully saturated rings. The van der Waals surface area contributed by atoms with E-state index in [0.717, 1.165) is 14.5 Å². The van der Waals surface area contributed by atoms with Gasteiger partial charge >= 0.3 is 0 Å². The Hall–Kier alpha value is 0.190. The second-order valence-corrected chi connectivity index (χ2v) is 7.97. The Bertz CT molecular complexity index is 459. The average molecular weight is 459 g/mol. The number of halogens is 3. The molecule has 0 saturated heterocycles. The molecule has 19 heavy (non-hydrogen) atoms. The van der Waals surface area contributed by atoms with Crippen LogP contribution < -0.4 is 5.32 Å². The van der Waals surface area contributed by atoms with E-state index in [1.54, 1.807) is 0 Å². The predicted octanol–water partition coefficient (Wildman–Crippen LogP) is 4.83. The van der Waals surface area contributed by atoms with Crippen LogP contribution in [0.3, 0.4) is 0 Å². The molecule has 0 aliphatic heterocycles. The third kappa shape index (κ3) is 5.23. The summed E-state index contributed by atoms with van der Waals surface area (Å²) in [5.74, 6) is 0.478. The van der Waals surface area contributed by atoms with Gasteiger partial charge in [0.15, 0.2) is 0 Å². The fourth-order valence-electron chi connectivity index (χ4n) is 1.74. The van der Waals surface area contributed by atoms with Crippen LogP contribution in [0.4, 0.5) is 0 Å². The number of hydrogen-bond acceptors (Lipinski definition) is 1. The van der Waals surface area contributed by atoms with Crippen molar-refractivity contribution in [3.63, 3.8) is 0 Å². The van der Waals surface area contributed by atoms with Gasteiger partial charge in [0.25, 0.3) is 5.91 Å². The lowest BCUT2D eigenvalue weighted by molar-refractivity contribution is 0.0899. The topological polar surface area (TPSA) is 29.1 Å². The second kappa shape index (κ2) is 7.27. The molecule has 0 saturated carbocycles. The molecule has 0 aliphatic carbocycles. The van der Waals surface area contributed by atoms with Gasteiger partial charge in [-0.25, -0.2) is 0 Å². The summed E-state index contributed by atoms with van der Waals surface area (Å²) in [5.41, 5.74) is 0.648. The minimum Gasteiger partial charge on any atom is -0.349 e. The van der Waals surface area contributed by atoms with Crippen molar-refractivity contribution < 1.29 is 4.79 Å². The van der Waals surface area contributed by atoms with Gasteiger partial charge in [0.2, 0.25) is 0 Å². The zero-order chi connectivity index (χ0) is 14.6. The normalized spacial score (nSPS) is 13.2. The summed E-state index contributed by atoms with van der Waals surface area (Å²) in [6.07, 6.45) is 0.762. The van der Waals surface area contributed by atoms with Gasteiger partial charge in [0, 0.05) is 20.0 Å². The van der Waals surface area contributed by atoms with E-state index in [0.29, 0.717) is 11.4 Å².